The molecule has 9 heteroatoms. The first kappa shape index (κ1) is 14.5. The van der Waals surface area contributed by atoms with Crippen molar-refractivity contribution < 1.29 is 29.5 Å². The molecule has 0 amide bonds. The SMILES string of the molecule is NCCCC[C@@H](C(=O)O)N(O)P(=O)(O)O. The molecule has 0 rings (SSSR count). The number of hydrogen-bond donors (Lipinski definition) is 5. The summed E-state index contributed by atoms with van der Waals surface area (Å²) in [7, 11) is -4.94. The number of carbonyl (C=O) groups is 1. The van der Waals surface area contributed by atoms with Gasteiger partial charge >= 0.3 is 13.7 Å². The van der Waals surface area contributed by atoms with Gasteiger partial charge in [0, 0.05) is 0 Å². The quantitative estimate of drug-likeness (QED) is 0.225. The van der Waals surface area contributed by atoms with Crippen LogP contribution in [0.4, 0.5) is 0 Å². The summed E-state index contributed by atoms with van der Waals surface area (Å²) >= 11 is 0. The molecule has 0 aromatic rings. The van der Waals surface area contributed by atoms with Crippen LogP contribution in [0.1, 0.15) is 19.3 Å². The van der Waals surface area contributed by atoms with Crippen molar-refractivity contribution in [3.8, 4) is 0 Å². The van der Waals surface area contributed by atoms with E-state index in [1.165, 1.54) is 0 Å². The van der Waals surface area contributed by atoms with Gasteiger partial charge in [0.15, 0.2) is 0 Å². The van der Waals surface area contributed by atoms with E-state index >= 15 is 0 Å². The van der Waals surface area contributed by atoms with Crippen molar-refractivity contribution in [3.63, 3.8) is 0 Å². The van der Waals surface area contributed by atoms with Gasteiger partial charge in [-0.2, -0.15) is 0 Å². The Hall–Kier alpha value is -0.500. The zero-order valence-corrected chi connectivity index (χ0v) is 8.88. The molecule has 15 heavy (non-hydrogen) atoms. The third-order valence-electron chi connectivity index (χ3n) is 1.76. The largest absolute Gasteiger partial charge is 0.480 e. The normalized spacial score (nSPS) is 14.2. The Morgan fingerprint density at radius 1 is 1.40 bits per heavy atom. The number of nitrogens with zero attached hydrogens (tertiary/aromatic N) is 1. The Bertz CT molecular complexity index is 254. The fourth-order valence-corrected chi connectivity index (χ4v) is 1.58. The summed E-state index contributed by atoms with van der Waals surface area (Å²) < 4.78 is 10.6. The number of hydroxylamine groups is 1. The second kappa shape index (κ2) is 6.16. The molecule has 90 valence electrons. The van der Waals surface area contributed by atoms with Crippen molar-refractivity contribution in [3.05, 3.63) is 0 Å². The number of hydrogen-bond acceptors (Lipinski definition) is 4. The topological polar surface area (TPSA) is 144 Å². The maximum atomic E-state index is 10.6. The summed E-state index contributed by atoms with van der Waals surface area (Å²) in [5.41, 5.74) is 5.18. The fourth-order valence-electron chi connectivity index (χ4n) is 1.00. The van der Waals surface area contributed by atoms with Crippen molar-refractivity contribution in [1.29, 1.82) is 0 Å². The molecule has 0 spiro atoms. The predicted octanol–water partition coefficient (Wildman–Crippen LogP) is -0.648. The predicted molar refractivity (Wildman–Crippen MR) is 50.0 cm³/mol. The fraction of sp³-hybridized carbons (Fsp3) is 0.833. The molecule has 0 aliphatic rings. The van der Waals surface area contributed by atoms with Crippen LogP contribution in [-0.4, -0.2) is 43.5 Å². The van der Waals surface area contributed by atoms with Crippen LogP contribution in [0.25, 0.3) is 0 Å². The summed E-state index contributed by atoms with van der Waals surface area (Å²) in [5, 5.41) is 17.6. The van der Waals surface area contributed by atoms with Crippen LogP contribution in [0.15, 0.2) is 0 Å². The van der Waals surface area contributed by atoms with Gasteiger partial charge in [-0.15, -0.1) is 0 Å². The molecule has 0 unspecified atom stereocenters. The maximum Gasteiger partial charge on any atom is 0.426 e. The maximum absolute atomic E-state index is 10.6. The molecule has 0 aliphatic heterocycles. The minimum Gasteiger partial charge on any atom is -0.480 e. The molecule has 0 heterocycles. The molecule has 8 nitrogen and oxygen atoms in total. The van der Waals surface area contributed by atoms with Gasteiger partial charge in [-0.1, -0.05) is 4.83 Å². The Morgan fingerprint density at radius 2 is 1.93 bits per heavy atom. The number of rotatable bonds is 7. The molecular formula is C6H15N2O6P. The van der Waals surface area contributed by atoms with Gasteiger partial charge in [0.1, 0.15) is 6.04 Å². The molecule has 0 saturated heterocycles. The molecule has 0 saturated carbocycles. The summed E-state index contributed by atoms with van der Waals surface area (Å²) in [5.74, 6) is -1.49. The smallest absolute Gasteiger partial charge is 0.426 e. The lowest BCUT2D eigenvalue weighted by Gasteiger charge is -2.22. The van der Waals surface area contributed by atoms with Crippen LogP contribution < -0.4 is 5.73 Å². The highest BCUT2D eigenvalue weighted by atomic mass is 31.2. The lowest BCUT2D eigenvalue weighted by molar-refractivity contribution is -0.154. The highest BCUT2D eigenvalue weighted by Gasteiger charge is 2.35. The molecule has 1 atom stereocenters. The molecule has 0 bridgehead atoms. The van der Waals surface area contributed by atoms with E-state index in [0.29, 0.717) is 19.4 Å². The summed E-state index contributed by atoms with van der Waals surface area (Å²) in [4.78, 5) is 27.3. The number of carboxylic acids is 1. The number of nitrogens with two attached hydrogens (primary N) is 1. The van der Waals surface area contributed by atoms with Crippen LogP contribution in [0.3, 0.4) is 0 Å². The molecule has 6 N–H and O–H groups in total. The van der Waals surface area contributed by atoms with Crippen molar-refractivity contribution in [2.45, 2.75) is 25.3 Å². The van der Waals surface area contributed by atoms with Gasteiger partial charge < -0.3 is 25.8 Å². The van der Waals surface area contributed by atoms with Gasteiger partial charge in [0.2, 0.25) is 0 Å². The van der Waals surface area contributed by atoms with E-state index in [1.54, 1.807) is 0 Å². The van der Waals surface area contributed by atoms with Gasteiger partial charge in [-0.3, -0.25) is 4.79 Å². The van der Waals surface area contributed by atoms with Crippen molar-refractivity contribution in [1.82, 2.24) is 4.83 Å². The number of aliphatic carboxylic acids is 1. The molecule has 0 fully saturated rings. The molecular weight excluding hydrogens is 227 g/mol. The van der Waals surface area contributed by atoms with E-state index in [-0.39, 0.29) is 6.42 Å². The average Bonchev–Trinajstić information content (AvgIpc) is 2.09. The van der Waals surface area contributed by atoms with E-state index in [9.17, 15) is 9.36 Å². The van der Waals surface area contributed by atoms with E-state index in [2.05, 4.69) is 0 Å². The number of unbranched alkanes of at least 4 members (excludes halogenated alkanes) is 1. The Balaban J connectivity index is 4.40. The highest BCUT2D eigenvalue weighted by molar-refractivity contribution is 7.48. The van der Waals surface area contributed by atoms with Crippen molar-refractivity contribution in [2.75, 3.05) is 6.54 Å². The van der Waals surface area contributed by atoms with Gasteiger partial charge in [-0.25, -0.2) is 4.57 Å². The van der Waals surface area contributed by atoms with E-state index in [1.807, 2.05) is 0 Å². The second-order valence-electron chi connectivity index (χ2n) is 2.97. The third kappa shape index (κ3) is 5.22. The van der Waals surface area contributed by atoms with Crippen molar-refractivity contribution in [2.24, 2.45) is 5.73 Å². The van der Waals surface area contributed by atoms with E-state index < -0.39 is 24.6 Å². The first-order chi connectivity index (χ1) is 6.80. The lowest BCUT2D eigenvalue weighted by atomic mass is 10.1. The second-order valence-corrected chi connectivity index (χ2v) is 4.41. The Morgan fingerprint density at radius 3 is 2.27 bits per heavy atom. The highest BCUT2D eigenvalue weighted by Crippen LogP contribution is 2.40. The third-order valence-corrected chi connectivity index (χ3v) is 2.58. The standard InChI is InChI=1S/C6H15N2O6P/c7-4-2-1-3-5(6(9)10)8(11)15(12,13)14/h5,11H,1-4,7H2,(H,9,10)(H2,12,13,14)/t5-/m0/s1. The van der Waals surface area contributed by atoms with E-state index in [0.717, 1.165) is 0 Å². The zero-order valence-electron chi connectivity index (χ0n) is 7.98. The van der Waals surface area contributed by atoms with Crippen LogP contribution in [0.2, 0.25) is 0 Å². The van der Waals surface area contributed by atoms with Gasteiger partial charge in [0.05, 0.1) is 0 Å². The minimum absolute atomic E-state index is 0.0753. The minimum atomic E-state index is -4.94. The van der Waals surface area contributed by atoms with Gasteiger partial charge in [-0.05, 0) is 25.8 Å². The Kier molecular flexibility index (Phi) is 5.96. The molecule has 0 aromatic carbocycles. The monoisotopic (exact) mass is 242 g/mol. The molecule has 0 aliphatic carbocycles. The van der Waals surface area contributed by atoms with Crippen molar-refractivity contribution >= 4 is 13.7 Å². The summed E-state index contributed by atoms with van der Waals surface area (Å²) in [6, 6.07) is -1.61. The van der Waals surface area contributed by atoms with Crippen LogP contribution in [-0.2, 0) is 9.36 Å². The van der Waals surface area contributed by atoms with Gasteiger partial charge in [0.25, 0.3) is 0 Å². The first-order valence-corrected chi connectivity index (χ1v) is 5.84. The van der Waals surface area contributed by atoms with Crippen LogP contribution >= 0.6 is 7.75 Å². The molecule has 0 aromatic heterocycles. The van der Waals surface area contributed by atoms with Crippen LogP contribution in [0.5, 0.6) is 0 Å². The summed E-state index contributed by atoms with van der Waals surface area (Å²) in [6.45, 7) is 0.355. The zero-order chi connectivity index (χ0) is 12.1. The first-order valence-electron chi connectivity index (χ1n) is 4.27. The number of carboxylic acid groups (broad SMARTS) is 1. The van der Waals surface area contributed by atoms with E-state index in [4.69, 9.17) is 25.8 Å². The average molecular weight is 242 g/mol. The Labute approximate surface area is 86.5 Å². The lowest BCUT2D eigenvalue weighted by Crippen LogP contribution is -2.36. The molecule has 0 radical (unpaired) electrons. The summed E-state index contributed by atoms with van der Waals surface area (Å²) in [6.07, 6.45) is 0.817. The van der Waals surface area contributed by atoms with Crippen LogP contribution in [0, 0.1) is 0 Å².